The Morgan fingerprint density at radius 1 is 1.04 bits per heavy atom. The van der Waals surface area contributed by atoms with Gasteiger partial charge in [0, 0.05) is 12.6 Å². The molecule has 0 aliphatic heterocycles. The molecule has 0 fully saturated rings. The van der Waals surface area contributed by atoms with E-state index in [-0.39, 0.29) is 0 Å². The summed E-state index contributed by atoms with van der Waals surface area (Å²) in [5, 5.41) is 3.18. The highest BCUT2D eigenvalue weighted by Gasteiger charge is 2.11. The molecule has 2 rings (SSSR count). The van der Waals surface area contributed by atoms with Gasteiger partial charge < -0.3 is 14.8 Å². The van der Waals surface area contributed by atoms with Crippen molar-refractivity contribution in [3.63, 3.8) is 0 Å². The Hall–Kier alpha value is -2.07. The van der Waals surface area contributed by atoms with Gasteiger partial charge >= 0.3 is 0 Å². The van der Waals surface area contributed by atoms with Gasteiger partial charge in [-0.05, 0) is 73.8 Å². The molecular weight excluding hydrogens is 318 g/mol. The van der Waals surface area contributed by atoms with Crippen LogP contribution in [0.2, 0.25) is 0 Å². The van der Waals surface area contributed by atoms with Gasteiger partial charge in [-0.25, -0.2) is 0 Å². The molecule has 0 unspecified atom stereocenters. The summed E-state index contributed by atoms with van der Waals surface area (Å²) >= 11 is 5.11. The molecule has 0 aliphatic rings. The number of hydrogen-bond acceptors (Lipinski definition) is 3. The summed E-state index contributed by atoms with van der Waals surface area (Å²) in [6.07, 6.45) is 1.03. The van der Waals surface area contributed by atoms with Crippen molar-refractivity contribution in [3.05, 3.63) is 58.1 Å². The Morgan fingerprint density at radius 2 is 1.79 bits per heavy atom. The van der Waals surface area contributed by atoms with Crippen molar-refractivity contribution in [2.75, 3.05) is 7.05 Å². The van der Waals surface area contributed by atoms with E-state index in [0.717, 1.165) is 34.6 Å². The van der Waals surface area contributed by atoms with Crippen LogP contribution in [0.3, 0.4) is 0 Å². The maximum absolute atomic E-state index is 6.10. The summed E-state index contributed by atoms with van der Waals surface area (Å²) < 4.78 is 11.8. The molecule has 0 aromatic heterocycles. The van der Waals surface area contributed by atoms with Gasteiger partial charge in [-0.3, -0.25) is 0 Å². The molecule has 0 radical (unpaired) electrons. The van der Waals surface area contributed by atoms with Crippen LogP contribution in [-0.2, 0) is 13.0 Å². The zero-order valence-electron chi connectivity index (χ0n) is 15.0. The van der Waals surface area contributed by atoms with E-state index in [9.17, 15) is 0 Å². The Balaban J connectivity index is 2.23. The quantitative estimate of drug-likeness (QED) is 0.802. The maximum Gasteiger partial charge on any atom is 0.261 e. The summed E-state index contributed by atoms with van der Waals surface area (Å²) in [7, 11) is 1.75. The van der Waals surface area contributed by atoms with Crippen LogP contribution in [0.5, 0.6) is 11.5 Å². The van der Waals surface area contributed by atoms with E-state index < -0.39 is 0 Å². The molecule has 128 valence electrons. The van der Waals surface area contributed by atoms with E-state index in [2.05, 4.69) is 38.2 Å². The number of hydrogen-bond donors (Lipinski definition) is 1. The van der Waals surface area contributed by atoms with E-state index >= 15 is 0 Å². The molecule has 2 aromatic carbocycles. The van der Waals surface area contributed by atoms with Crippen LogP contribution in [-0.4, -0.2) is 12.2 Å². The Kier molecular flexibility index (Phi) is 6.21. The normalized spacial score (nSPS) is 10.4. The lowest BCUT2D eigenvalue weighted by Crippen LogP contribution is -2.22. The molecule has 4 heteroatoms. The molecule has 0 saturated carbocycles. The largest absolute Gasteiger partial charge is 0.488 e. The molecule has 1 N–H and O–H groups in total. The Bertz CT molecular complexity index is 741. The van der Waals surface area contributed by atoms with Crippen LogP contribution in [0.15, 0.2) is 30.3 Å². The third-order valence-electron chi connectivity index (χ3n) is 4.16. The van der Waals surface area contributed by atoms with E-state index in [0.29, 0.717) is 11.8 Å². The van der Waals surface area contributed by atoms with Gasteiger partial charge in [-0.2, -0.15) is 0 Å². The summed E-state index contributed by atoms with van der Waals surface area (Å²) in [6.45, 7) is 8.87. The summed E-state index contributed by atoms with van der Waals surface area (Å²) in [6, 6.07) is 10.2. The molecule has 0 heterocycles. The smallest absolute Gasteiger partial charge is 0.261 e. The van der Waals surface area contributed by atoms with Gasteiger partial charge in [0.15, 0.2) is 0 Å². The third-order valence-corrected chi connectivity index (χ3v) is 4.45. The molecule has 0 aliphatic carbocycles. The average molecular weight is 343 g/mol. The molecule has 3 nitrogen and oxygen atoms in total. The number of ether oxygens (including phenoxy) is 2. The Labute approximate surface area is 150 Å². The number of rotatable bonds is 5. The zero-order valence-corrected chi connectivity index (χ0v) is 15.8. The van der Waals surface area contributed by atoms with Crippen molar-refractivity contribution in [2.45, 2.75) is 40.7 Å². The molecule has 0 bridgehead atoms. The second-order valence-electron chi connectivity index (χ2n) is 5.88. The average Bonchev–Trinajstić information content (AvgIpc) is 2.56. The first-order valence-corrected chi connectivity index (χ1v) is 8.58. The highest BCUT2D eigenvalue weighted by atomic mass is 32.1. The van der Waals surface area contributed by atoms with Crippen molar-refractivity contribution in [3.8, 4) is 11.5 Å². The first-order chi connectivity index (χ1) is 11.5. The molecule has 0 amide bonds. The maximum atomic E-state index is 6.10. The lowest BCUT2D eigenvalue weighted by Gasteiger charge is -2.16. The van der Waals surface area contributed by atoms with Gasteiger partial charge in [-0.1, -0.05) is 25.1 Å². The number of aryl methyl sites for hydroxylation is 4. The van der Waals surface area contributed by atoms with Crippen molar-refractivity contribution >= 4 is 17.4 Å². The lowest BCUT2D eigenvalue weighted by molar-refractivity contribution is 0.298. The van der Waals surface area contributed by atoms with Crippen LogP contribution < -0.4 is 14.8 Å². The lowest BCUT2D eigenvalue weighted by atomic mass is 10.0. The molecule has 0 spiro atoms. The van der Waals surface area contributed by atoms with Gasteiger partial charge in [0.25, 0.3) is 5.17 Å². The van der Waals surface area contributed by atoms with Gasteiger partial charge in [0.05, 0.1) is 0 Å². The van der Waals surface area contributed by atoms with E-state index in [1.165, 1.54) is 11.1 Å². The van der Waals surface area contributed by atoms with Crippen molar-refractivity contribution in [2.24, 2.45) is 0 Å². The van der Waals surface area contributed by atoms with Crippen molar-refractivity contribution in [1.29, 1.82) is 0 Å². The molecule has 24 heavy (non-hydrogen) atoms. The fourth-order valence-corrected chi connectivity index (χ4v) is 2.73. The highest BCUT2D eigenvalue weighted by molar-refractivity contribution is 7.80. The third kappa shape index (κ3) is 4.26. The minimum Gasteiger partial charge on any atom is -0.488 e. The second kappa shape index (κ2) is 8.15. The van der Waals surface area contributed by atoms with E-state index in [1.807, 2.05) is 25.1 Å². The van der Waals surface area contributed by atoms with Crippen LogP contribution in [0.25, 0.3) is 0 Å². The second-order valence-corrected chi connectivity index (χ2v) is 6.25. The predicted molar refractivity (Wildman–Crippen MR) is 103 cm³/mol. The summed E-state index contributed by atoms with van der Waals surface area (Å²) in [5.41, 5.74) is 5.90. The summed E-state index contributed by atoms with van der Waals surface area (Å²) in [4.78, 5) is 0. The predicted octanol–water partition coefficient (Wildman–Crippen LogP) is 4.64. The SMILES string of the molecule is CCc1cc(C)c(OCc2c(C)cccc2OC(=S)NC)cc1C. The van der Waals surface area contributed by atoms with E-state index in [1.54, 1.807) is 7.05 Å². The number of nitrogens with one attached hydrogen (secondary N) is 1. The fraction of sp³-hybridized carbons (Fsp3) is 0.350. The van der Waals surface area contributed by atoms with E-state index in [4.69, 9.17) is 21.7 Å². The number of benzene rings is 2. The van der Waals surface area contributed by atoms with Crippen LogP contribution in [0.4, 0.5) is 0 Å². The van der Waals surface area contributed by atoms with Crippen molar-refractivity contribution in [1.82, 2.24) is 5.32 Å². The van der Waals surface area contributed by atoms with Gasteiger partial charge in [0.2, 0.25) is 0 Å². The molecule has 0 saturated heterocycles. The molecule has 0 atom stereocenters. The monoisotopic (exact) mass is 343 g/mol. The summed E-state index contributed by atoms with van der Waals surface area (Å²) in [5.74, 6) is 1.64. The first kappa shape index (κ1) is 18.3. The minimum absolute atomic E-state index is 0.348. The van der Waals surface area contributed by atoms with Gasteiger partial charge in [0.1, 0.15) is 18.1 Å². The van der Waals surface area contributed by atoms with Crippen LogP contribution in [0.1, 0.15) is 34.7 Å². The van der Waals surface area contributed by atoms with Crippen LogP contribution >= 0.6 is 12.2 Å². The topological polar surface area (TPSA) is 30.5 Å². The zero-order chi connectivity index (χ0) is 17.7. The number of thiocarbonyl (C=S) groups is 1. The fourth-order valence-electron chi connectivity index (χ4n) is 2.64. The highest BCUT2D eigenvalue weighted by Crippen LogP contribution is 2.27. The van der Waals surface area contributed by atoms with Gasteiger partial charge in [-0.15, -0.1) is 0 Å². The van der Waals surface area contributed by atoms with Crippen LogP contribution in [0, 0.1) is 20.8 Å². The first-order valence-electron chi connectivity index (χ1n) is 8.17. The minimum atomic E-state index is 0.348. The van der Waals surface area contributed by atoms with Crippen molar-refractivity contribution < 1.29 is 9.47 Å². The molecule has 2 aromatic rings. The standard InChI is InChI=1S/C20H25NO2S/c1-6-16-10-15(4)19(11-14(16)3)22-12-17-13(2)8-7-9-18(17)23-20(24)21-5/h7-11H,6,12H2,1-5H3,(H,21,24). The Morgan fingerprint density at radius 3 is 2.46 bits per heavy atom. The molecular formula is C20H25NO2S.